The van der Waals surface area contributed by atoms with Gasteiger partial charge in [-0.05, 0) is 18.6 Å². The molecule has 1 aromatic heterocycles. The smallest absolute Gasteiger partial charge is 0.125 e. The summed E-state index contributed by atoms with van der Waals surface area (Å²) >= 11 is 0. The molecule has 0 fully saturated rings. The zero-order valence-electron chi connectivity index (χ0n) is 11.8. The number of hydrogen-bond donors (Lipinski definition) is 1. The lowest BCUT2D eigenvalue weighted by atomic mass is 10.1. The van der Waals surface area contributed by atoms with Crippen molar-refractivity contribution in [1.82, 2.24) is 4.98 Å². The number of hydrogen-bond acceptors (Lipinski definition) is 2. The van der Waals surface area contributed by atoms with E-state index in [1.165, 1.54) is 57.8 Å². The van der Waals surface area contributed by atoms with E-state index in [9.17, 15) is 0 Å². The summed E-state index contributed by atoms with van der Waals surface area (Å²) in [6, 6.07) is 5.99. The molecular formula is C16H28N2. The number of unbranched alkanes of at least 4 members (excludes halogenated alkanes) is 8. The number of anilines is 1. The van der Waals surface area contributed by atoms with Crippen LogP contribution in [0.4, 0.5) is 5.82 Å². The Hall–Kier alpha value is -1.05. The molecule has 1 aromatic rings. The van der Waals surface area contributed by atoms with Crippen molar-refractivity contribution < 1.29 is 0 Å². The van der Waals surface area contributed by atoms with E-state index < -0.39 is 0 Å². The molecule has 0 aliphatic carbocycles. The summed E-state index contributed by atoms with van der Waals surface area (Å²) in [5.74, 6) is 0.997. The molecule has 102 valence electrons. The molecule has 1 heterocycles. The Morgan fingerprint density at radius 3 is 2.17 bits per heavy atom. The molecule has 0 unspecified atom stereocenters. The molecule has 0 aliphatic rings. The zero-order chi connectivity index (χ0) is 12.9. The topological polar surface area (TPSA) is 24.9 Å². The average molecular weight is 248 g/mol. The predicted octanol–water partition coefficient (Wildman–Crippen LogP) is 5.02. The third-order valence-electron chi connectivity index (χ3n) is 3.25. The van der Waals surface area contributed by atoms with E-state index in [0.29, 0.717) is 0 Å². The first-order valence-electron chi connectivity index (χ1n) is 7.58. The highest BCUT2D eigenvalue weighted by Gasteiger charge is 1.93. The fraction of sp³-hybridized carbons (Fsp3) is 0.688. The first kappa shape index (κ1) is 15.0. The second kappa shape index (κ2) is 11.1. The molecule has 18 heavy (non-hydrogen) atoms. The van der Waals surface area contributed by atoms with Gasteiger partial charge in [-0.1, -0.05) is 64.4 Å². The van der Waals surface area contributed by atoms with E-state index in [0.717, 1.165) is 12.4 Å². The number of nitrogens with zero attached hydrogens (tertiary/aromatic N) is 1. The molecule has 0 amide bonds. The minimum Gasteiger partial charge on any atom is -0.370 e. The lowest BCUT2D eigenvalue weighted by molar-refractivity contribution is 0.569. The van der Waals surface area contributed by atoms with Crippen LogP contribution in [0.1, 0.15) is 64.7 Å². The van der Waals surface area contributed by atoms with Crippen LogP contribution < -0.4 is 5.32 Å². The van der Waals surface area contributed by atoms with E-state index in [2.05, 4.69) is 17.2 Å². The van der Waals surface area contributed by atoms with Crippen molar-refractivity contribution in [3.63, 3.8) is 0 Å². The fourth-order valence-corrected chi connectivity index (χ4v) is 2.12. The summed E-state index contributed by atoms with van der Waals surface area (Å²) in [6.45, 7) is 3.32. The molecule has 0 atom stereocenters. The van der Waals surface area contributed by atoms with Crippen LogP contribution in [0.2, 0.25) is 0 Å². The van der Waals surface area contributed by atoms with Gasteiger partial charge in [0, 0.05) is 12.7 Å². The maximum absolute atomic E-state index is 4.24. The lowest BCUT2D eigenvalue weighted by Crippen LogP contribution is -2.02. The van der Waals surface area contributed by atoms with Crippen molar-refractivity contribution >= 4 is 5.82 Å². The summed E-state index contributed by atoms with van der Waals surface area (Å²) in [5, 5.41) is 3.35. The van der Waals surface area contributed by atoms with Crippen LogP contribution in [0.3, 0.4) is 0 Å². The van der Waals surface area contributed by atoms with E-state index in [1.54, 1.807) is 0 Å². The van der Waals surface area contributed by atoms with Crippen molar-refractivity contribution in [3.05, 3.63) is 24.4 Å². The second-order valence-electron chi connectivity index (χ2n) is 4.97. The standard InChI is InChI=1S/C16H28N2/c1-2-3-4-5-6-7-8-9-11-14-17-16-13-10-12-15-18-16/h10,12-13,15H,2-9,11,14H2,1H3,(H,17,18). The molecule has 0 aromatic carbocycles. The first-order chi connectivity index (χ1) is 8.93. The van der Waals surface area contributed by atoms with Crippen LogP contribution in [-0.2, 0) is 0 Å². The SMILES string of the molecule is CCCCCCCCCCCNc1ccccn1. The van der Waals surface area contributed by atoms with Crippen molar-refractivity contribution in [2.24, 2.45) is 0 Å². The number of rotatable bonds is 11. The summed E-state index contributed by atoms with van der Waals surface area (Å²) in [4.78, 5) is 4.24. The van der Waals surface area contributed by atoms with Crippen molar-refractivity contribution in [3.8, 4) is 0 Å². The van der Waals surface area contributed by atoms with Gasteiger partial charge in [0.15, 0.2) is 0 Å². The van der Waals surface area contributed by atoms with Crippen molar-refractivity contribution in [2.45, 2.75) is 64.7 Å². The van der Waals surface area contributed by atoms with E-state index in [1.807, 2.05) is 24.4 Å². The van der Waals surface area contributed by atoms with E-state index in [-0.39, 0.29) is 0 Å². The van der Waals surface area contributed by atoms with E-state index >= 15 is 0 Å². The molecule has 0 spiro atoms. The normalized spacial score (nSPS) is 10.5. The Kier molecular flexibility index (Phi) is 9.23. The molecule has 0 aliphatic heterocycles. The highest BCUT2D eigenvalue weighted by atomic mass is 15.0. The van der Waals surface area contributed by atoms with Crippen molar-refractivity contribution in [1.29, 1.82) is 0 Å². The molecule has 0 radical (unpaired) electrons. The summed E-state index contributed by atoms with van der Waals surface area (Å²) in [6.07, 6.45) is 14.3. The van der Waals surface area contributed by atoms with Gasteiger partial charge in [-0.3, -0.25) is 0 Å². The molecule has 0 saturated heterocycles. The quantitative estimate of drug-likeness (QED) is 0.556. The molecule has 0 bridgehead atoms. The van der Waals surface area contributed by atoms with Gasteiger partial charge in [0.25, 0.3) is 0 Å². The highest BCUT2D eigenvalue weighted by molar-refractivity contribution is 5.32. The maximum atomic E-state index is 4.24. The minimum atomic E-state index is 0.997. The fourth-order valence-electron chi connectivity index (χ4n) is 2.12. The number of nitrogens with one attached hydrogen (secondary N) is 1. The van der Waals surface area contributed by atoms with Gasteiger partial charge in [0.05, 0.1) is 0 Å². The van der Waals surface area contributed by atoms with Gasteiger partial charge in [0.2, 0.25) is 0 Å². The molecular weight excluding hydrogens is 220 g/mol. The first-order valence-corrected chi connectivity index (χ1v) is 7.58. The third kappa shape index (κ3) is 8.10. The van der Waals surface area contributed by atoms with Crippen LogP contribution in [0.25, 0.3) is 0 Å². The zero-order valence-corrected chi connectivity index (χ0v) is 11.8. The average Bonchev–Trinajstić information content (AvgIpc) is 2.42. The lowest BCUT2D eigenvalue weighted by Gasteiger charge is -2.05. The molecule has 2 nitrogen and oxygen atoms in total. The van der Waals surface area contributed by atoms with Crippen LogP contribution >= 0.6 is 0 Å². The monoisotopic (exact) mass is 248 g/mol. The highest BCUT2D eigenvalue weighted by Crippen LogP contribution is 2.09. The van der Waals surface area contributed by atoms with Crippen LogP contribution in [0.5, 0.6) is 0 Å². The van der Waals surface area contributed by atoms with Gasteiger partial charge in [-0.2, -0.15) is 0 Å². The second-order valence-corrected chi connectivity index (χ2v) is 4.97. The molecule has 0 saturated carbocycles. The Labute approximate surface area is 112 Å². The summed E-state index contributed by atoms with van der Waals surface area (Å²) < 4.78 is 0. The van der Waals surface area contributed by atoms with Gasteiger partial charge in [-0.15, -0.1) is 0 Å². The van der Waals surface area contributed by atoms with Crippen LogP contribution in [0, 0.1) is 0 Å². The maximum Gasteiger partial charge on any atom is 0.125 e. The van der Waals surface area contributed by atoms with Gasteiger partial charge in [-0.25, -0.2) is 4.98 Å². The Balaban J connectivity index is 1.82. The van der Waals surface area contributed by atoms with Gasteiger partial charge < -0.3 is 5.32 Å². The largest absolute Gasteiger partial charge is 0.370 e. The molecule has 2 heteroatoms. The van der Waals surface area contributed by atoms with Crippen LogP contribution in [0.15, 0.2) is 24.4 Å². The Bertz CT molecular complexity index is 272. The molecule has 1 rings (SSSR count). The Morgan fingerprint density at radius 1 is 0.889 bits per heavy atom. The van der Waals surface area contributed by atoms with E-state index in [4.69, 9.17) is 0 Å². The van der Waals surface area contributed by atoms with Crippen LogP contribution in [-0.4, -0.2) is 11.5 Å². The number of pyridine rings is 1. The van der Waals surface area contributed by atoms with Gasteiger partial charge >= 0.3 is 0 Å². The number of aromatic nitrogens is 1. The van der Waals surface area contributed by atoms with Gasteiger partial charge in [0.1, 0.15) is 5.82 Å². The molecule has 1 N–H and O–H groups in total. The summed E-state index contributed by atoms with van der Waals surface area (Å²) in [5.41, 5.74) is 0. The Morgan fingerprint density at radius 2 is 1.56 bits per heavy atom. The minimum absolute atomic E-state index is 0.997. The third-order valence-corrected chi connectivity index (χ3v) is 3.25. The summed E-state index contributed by atoms with van der Waals surface area (Å²) in [7, 11) is 0. The predicted molar refractivity (Wildman–Crippen MR) is 80.0 cm³/mol. The van der Waals surface area contributed by atoms with Crippen molar-refractivity contribution in [2.75, 3.05) is 11.9 Å².